The van der Waals surface area contributed by atoms with Crippen LogP contribution in [0.4, 0.5) is 0 Å². The van der Waals surface area contributed by atoms with E-state index in [1.807, 2.05) is 73.0 Å². The highest BCUT2D eigenvalue weighted by Crippen LogP contribution is 2.49. The van der Waals surface area contributed by atoms with Crippen molar-refractivity contribution in [2.24, 2.45) is 0 Å². The van der Waals surface area contributed by atoms with Gasteiger partial charge < -0.3 is 9.15 Å². The van der Waals surface area contributed by atoms with Crippen LogP contribution < -0.4 is 10.4 Å². The van der Waals surface area contributed by atoms with Crippen LogP contribution in [0.3, 0.4) is 0 Å². The monoisotopic (exact) mass is 568 g/mol. The highest BCUT2D eigenvalue weighted by atomic mass is 79.9. The predicted octanol–water partition coefficient (Wildman–Crippen LogP) is 6.67. The number of para-hydroxylation sites is 1. The van der Waals surface area contributed by atoms with Crippen molar-refractivity contribution in [3.63, 3.8) is 0 Å². The van der Waals surface area contributed by atoms with Crippen LogP contribution in [0.5, 0.6) is 11.6 Å². The number of hydrogen-bond acceptors (Lipinski definition) is 7. The first kappa shape index (κ1) is 22.3. The van der Waals surface area contributed by atoms with Crippen molar-refractivity contribution in [2.45, 2.75) is 10.8 Å². The first-order valence-electron chi connectivity index (χ1n) is 11.5. The van der Waals surface area contributed by atoms with E-state index >= 15 is 0 Å². The molecule has 0 bridgehead atoms. The highest BCUT2D eigenvalue weighted by Gasteiger charge is 2.37. The summed E-state index contributed by atoms with van der Waals surface area (Å²) in [5, 5.41) is 5.40. The average molecular weight is 569 g/mol. The van der Waals surface area contributed by atoms with E-state index in [-0.39, 0.29) is 0 Å². The molecule has 6 aromatic rings. The van der Waals surface area contributed by atoms with Gasteiger partial charge >= 0.3 is 5.63 Å². The van der Waals surface area contributed by atoms with E-state index in [1.165, 1.54) is 0 Å². The quantitative estimate of drug-likeness (QED) is 0.174. The molecule has 0 saturated heterocycles. The summed E-state index contributed by atoms with van der Waals surface area (Å²) in [6.45, 7) is 0. The molecular weight excluding hydrogens is 552 g/mol. The molecule has 0 saturated carbocycles. The van der Waals surface area contributed by atoms with Crippen molar-refractivity contribution in [2.75, 3.05) is 6.26 Å². The minimum absolute atomic E-state index is 0.390. The summed E-state index contributed by atoms with van der Waals surface area (Å²) >= 11 is 5.25. The van der Waals surface area contributed by atoms with Gasteiger partial charge in [-0.2, -0.15) is 0 Å². The van der Waals surface area contributed by atoms with Crippen molar-refractivity contribution >= 4 is 44.3 Å². The molecule has 7 nitrogen and oxygen atoms in total. The van der Waals surface area contributed by atoms with E-state index in [4.69, 9.17) is 14.1 Å². The molecule has 3 aromatic heterocycles. The van der Waals surface area contributed by atoms with Gasteiger partial charge in [-0.1, -0.05) is 52.3 Å². The Balaban J connectivity index is 1.54. The lowest BCUT2D eigenvalue weighted by Gasteiger charge is -2.27. The summed E-state index contributed by atoms with van der Waals surface area (Å²) in [4.78, 5) is 24.1. The fourth-order valence-electron chi connectivity index (χ4n) is 4.82. The van der Waals surface area contributed by atoms with Gasteiger partial charge in [-0.05, 0) is 48.2 Å². The van der Waals surface area contributed by atoms with E-state index in [0.29, 0.717) is 45.2 Å². The molecule has 0 N–H and O–H groups in total. The zero-order chi connectivity index (χ0) is 25.1. The van der Waals surface area contributed by atoms with E-state index in [0.717, 1.165) is 20.5 Å². The third-order valence-corrected chi connectivity index (χ3v) is 7.96. The number of nitrogens with zero attached hydrogens (tertiary/aromatic N) is 4. The number of rotatable bonds is 3. The first-order chi connectivity index (χ1) is 18.1. The molecule has 1 aliphatic rings. The van der Waals surface area contributed by atoms with Crippen LogP contribution in [0.25, 0.3) is 28.0 Å². The van der Waals surface area contributed by atoms with Gasteiger partial charge in [-0.25, -0.2) is 19.3 Å². The van der Waals surface area contributed by atoms with Gasteiger partial charge in [-0.3, -0.25) is 0 Å². The lowest BCUT2D eigenvalue weighted by atomic mass is 9.84. The van der Waals surface area contributed by atoms with Crippen LogP contribution in [0.1, 0.15) is 22.6 Å². The van der Waals surface area contributed by atoms with E-state index < -0.39 is 11.5 Å². The predicted molar refractivity (Wildman–Crippen MR) is 146 cm³/mol. The van der Waals surface area contributed by atoms with Crippen molar-refractivity contribution in [1.82, 2.24) is 19.6 Å². The molecule has 37 heavy (non-hydrogen) atoms. The minimum atomic E-state index is -0.511. The van der Waals surface area contributed by atoms with Crippen LogP contribution in [-0.4, -0.2) is 25.8 Å². The molecular formula is C28H17BrN4O3S. The fraction of sp³-hybridized carbons (Fsp3) is 0.0714. The van der Waals surface area contributed by atoms with Crippen LogP contribution >= 0.6 is 27.7 Å². The highest BCUT2D eigenvalue weighted by molar-refractivity contribution is 9.10. The minimum Gasteiger partial charge on any atom is -0.437 e. The Bertz CT molecular complexity index is 1900. The zero-order valence-corrected chi connectivity index (χ0v) is 21.8. The standard InChI is InChI=1S/C28H17BrN4O3S/c1-37-16-12-10-15(11-13-16)21-22-24(18-7-3-5-9-20(18)35-28(22)34)36-27-23(21)26-31-25(32-33(26)14-30-27)17-6-2-4-8-19(17)29/h2-14,21H,1H3. The second-order valence-corrected chi connectivity index (χ2v) is 10.3. The number of ether oxygens (including phenoxy) is 1. The molecule has 4 heterocycles. The third-order valence-electron chi connectivity index (χ3n) is 6.53. The second kappa shape index (κ2) is 8.57. The Morgan fingerprint density at radius 2 is 1.76 bits per heavy atom. The van der Waals surface area contributed by atoms with Crippen LogP contribution in [-0.2, 0) is 0 Å². The van der Waals surface area contributed by atoms with Crippen molar-refractivity contribution in [1.29, 1.82) is 0 Å². The fourth-order valence-corrected chi connectivity index (χ4v) is 5.69. The summed E-state index contributed by atoms with van der Waals surface area (Å²) in [6.07, 6.45) is 3.62. The summed E-state index contributed by atoms with van der Waals surface area (Å²) in [5.41, 5.74) is 3.42. The Kier molecular flexibility index (Phi) is 5.16. The number of fused-ring (bicyclic) bond motifs is 6. The largest absolute Gasteiger partial charge is 0.437 e. The van der Waals surface area contributed by atoms with Gasteiger partial charge in [0.15, 0.2) is 17.2 Å². The molecule has 1 atom stereocenters. The van der Waals surface area contributed by atoms with Gasteiger partial charge in [0.1, 0.15) is 11.9 Å². The normalized spacial score (nSPS) is 14.4. The zero-order valence-electron chi connectivity index (χ0n) is 19.4. The Labute approximate surface area is 223 Å². The maximum atomic E-state index is 13.5. The molecule has 0 radical (unpaired) electrons. The number of thioether (sulfide) groups is 1. The van der Waals surface area contributed by atoms with Crippen molar-refractivity contribution < 1.29 is 9.15 Å². The van der Waals surface area contributed by atoms with E-state index in [9.17, 15) is 4.79 Å². The van der Waals surface area contributed by atoms with E-state index in [2.05, 4.69) is 26.0 Å². The molecule has 0 amide bonds. The maximum Gasteiger partial charge on any atom is 0.344 e. The Morgan fingerprint density at radius 3 is 2.57 bits per heavy atom. The van der Waals surface area contributed by atoms with Gasteiger partial charge in [0, 0.05) is 14.9 Å². The number of aromatic nitrogens is 4. The van der Waals surface area contributed by atoms with Crippen LogP contribution in [0.2, 0.25) is 0 Å². The topological polar surface area (TPSA) is 82.5 Å². The van der Waals surface area contributed by atoms with Crippen molar-refractivity contribution in [3.8, 4) is 23.0 Å². The lowest BCUT2D eigenvalue weighted by Crippen LogP contribution is -2.22. The number of hydrogen-bond donors (Lipinski definition) is 0. The number of benzene rings is 3. The van der Waals surface area contributed by atoms with Crippen LogP contribution in [0.15, 0.2) is 97.7 Å². The average Bonchev–Trinajstić information content (AvgIpc) is 3.37. The molecule has 9 heteroatoms. The summed E-state index contributed by atoms with van der Waals surface area (Å²) in [5.74, 6) is 0.875. The Morgan fingerprint density at radius 1 is 0.973 bits per heavy atom. The molecule has 7 rings (SSSR count). The molecule has 1 aliphatic heterocycles. The second-order valence-electron chi connectivity index (χ2n) is 8.58. The lowest BCUT2D eigenvalue weighted by molar-refractivity contribution is 0.422. The molecule has 3 aromatic carbocycles. The maximum absolute atomic E-state index is 13.5. The summed E-state index contributed by atoms with van der Waals surface area (Å²) in [7, 11) is 0. The smallest absolute Gasteiger partial charge is 0.344 e. The molecule has 0 spiro atoms. The number of halogens is 1. The van der Waals surface area contributed by atoms with Gasteiger partial charge in [-0.15, -0.1) is 16.9 Å². The molecule has 180 valence electrons. The first-order valence-corrected chi connectivity index (χ1v) is 13.5. The molecule has 1 unspecified atom stereocenters. The Hall–Kier alpha value is -3.95. The molecule has 0 aliphatic carbocycles. The van der Waals surface area contributed by atoms with Gasteiger partial charge in [0.2, 0.25) is 5.88 Å². The molecule has 0 fully saturated rings. The SMILES string of the molecule is CSc1ccc(C2c3c(c4ccccc4oc3=O)Oc3ncn4nc(-c5ccccc5Br)nc4c32)cc1. The summed E-state index contributed by atoms with van der Waals surface area (Å²) in [6, 6.07) is 23.3. The third kappa shape index (κ3) is 3.49. The summed E-state index contributed by atoms with van der Waals surface area (Å²) < 4.78 is 14.6. The van der Waals surface area contributed by atoms with E-state index in [1.54, 1.807) is 28.7 Å². The van der Waals surface area contributed by atoms with Crippen LogP contribution in [0, 0.1) is 0 Å². The van der Waals surface area contributed by atoms with Gasteiger partial charge in [0.25, 0.3) is 0 Å². The van der Waals surface area contributed by atoms with Gasteiger partial charge in [0.05, 0.1) is 22.4 Å². The van der Waals surface area contributed by atoms with Crippen molar-refractivity contribution in [3.05, 3.63) is 111 Å².